The Morgan fingerprint density at radius 1 is 1.26 bits per heavy atom. The van der Waals surface area contributed by atoms with E-state index in [9.17, 15) is 10.1 Å². The van der Waals surface area contributed by atoms with E-state index in [1.807, 2.05) is 38.1 Å². The van der Waals surface area contributed by atoms with Crippen LogP contribution in [0.3, 0.4) is 0 Å². The molecule has 0 unspecified atom stereocenters. The Kier molecular flexibility index (Phi) is 5.28. The van der Waals surface area contributed by atoms with Gasteiger partial charge in [-0.3, -0.25) is 4.79 Å². The summed E-state index contributed by atoms with van der Waals surface area (Å²) in [6.45, 7) is 4.56. The normalized spacial score (nSPS) is 11.3. The predicted molar refractivity (Wildman–Crippen MR) is 103 cm³/mol. The Bertz CT molecular complexity index is 1030. The Hall–Kier alpha value is -3.52. The van der Waals surface area contributed by atoms with E-state index in [2.05, 4.69) is 4.57 Å². The number of ether oxygens (including phenoxy) is 1. The number of ketones is 1. The first-order valence-electron chi connectivity index (χ1n) is 8.53. The third-order valence-corrected chi connectivity index (χ3v) is 4.50. The van der Waals surface area contributed by atoms with Crippen LogP contribution in [0.2, 0.25) is 0 Å². The molecule has 27 heavy (non-hydrogen) atoms. The minimum atomic E-state index is -0.327. The lowest BCUT2D eigenvalue weighted by Crippen LogP contribution is -2.04. The van der Waals surface area contributed by atoms with Crippen LogP contribution in [-0.2, 0) is 6.54 Å². The number of allylic oxidation sites excluding steroid dienone is 1. The van der Waals surface area contributed by atoms with Crippen molar-refractivity contribution >= 4 is 11.9 Å². The molecule has 0 N–H and O–H groups in total. The Morgan fingerprint density at radius 3 is 2.74 bits per heavy atom. The molecule has 0 atom stereocenters. The molecular formula is C22H20N2O3. The lowest BCUT2D eigenvalue weighted by Gasteiger charge is -2.07. The Morgan fingerprint density at radius 2 is 2.07 bits per heavy atom. The van der Waals surface area contributed by atoms with Crippen LogP contribution in [0.5, 0.6) is 5.75 Å². The van der Waals surface area contributed by atoms with Gasteiger partial charge in [-0.1, -0.05) is 12.1 Å². The monoisotopic (exact) mass is 360 g/mol. The molecule has 0 saturated carbocycles. The van der Waals surface area contributed by atoms with E-state index in [-0.39, 0.29) is 11.4 Å². The summed E-state index contributed by atoms with van der Waals surface area (Å²) in [6, 6.07) is 14.6. The maximum atomic E-state index is 12.7. The van der Waals surface area contributed by atoms with Crippen molar-refractivity contribution in [1.82, 2.24) is 4.57 Å². The fourth-order valence-electron chi connectivity index (χ4n) is 3.00. The number of nitrogens with zero attached hydrogens (tertiary/aromatic N) is 2. The second kappa shape index (κ2) is 7.79. The first-order chi connectivity index (χ1) is 13.0. The largest absolute Gasteiger partial charge is 0.497 e. The summed E-state index contributed by atoms with van der Waals surface area (Å²) in [7, 11) is 1.54. The summed E-state index contributed by atoms with van der Waals surface area (Å²) in [5.41, 5.74) is 3.34. The third-order valence-electron chi connectivity index (χ3n) is 4.50. The molecule has 3 aromatic rings. The van der Waals surface area contributed by atoms with Crippen molar-refractivity contribution in [3.63, 3.8) is 0 Å². The van der Waals surface area contributed by atoms with E-state index >= 15 is 0 Å². The Labute approximate surface area is 158 Å². The second-order valence-electron chi connectivity index (χ2n) is 6.22. The molecule has 1 aromatic carbocycles. The summed E-state index contributed by atoms with van der Waals surface area (Å²) in [5, 5.41) is 9.53. The summed E-state index contributed by atoms with van der Waals surface area (Å²) in [4.78, 5) is 12.7. The lowest BCUT2D eigenvalue weighted by molar-refractivity contribution is 0.103. The van der Waals surface area contributed by atoms with Crippen LogP contribution in [0, 0.1) is 25.2 Å². The average Bonchev–Trinajstić information content (AvgIpc) is 3.29. The van der Waals surface area contributed by atoms with Gasteiger partial charge >= 0.3 is 0 Å². The molecule has 0 spiro atoms. The number of Topliss-reactive ketones (excluding diaryl/α,β-unsaturated/α-hetero) is 1. The number of aryl methyl sites for hydroxylation is 1. The number of nitriles is 1. The van der Waals surface area contributed by atoms with Crippen LogP contribution in [0.25, 0.3) is 6.08 Å². The molecule has 0 aliphatic rings. The van der Waals surface area contributed by atoms with Crippen molar-refractivity contribution < 1.29 is 13.9 Å². The molecule has 0 radical (unpaired) electrons. The molecule has 2 heterocycles. The number of furan rings is 1. The standard InChI is InChI=1S/C22H20N2O3/c1-15-10-18(16(2)24(15)14-21-8-5-9-27-21)11-19(13-23)22(25)17-6-4-7-20(12-17)26-3/h4-12H,14H2,1-3H3. The van der Waals surface area contributed by atoms with E-state index in [1.165, 1.54) is 0 Å². The molecule has 136 valence electrons. The molecule has 5 nitrogen and oxygen atoms in total. The quantitative estimate of drug-likeness (QED) is 0.367. The van der Waals surface area contributed by atoms with Crippen LogP contribution < -0.4 is 4.74 Å². The number of aromatic nitrogens is 1. The first kappa shape index (κ1) is 18.3. The van der Waals surface area contributed by atoms with Gasteiger partial charge in [0, 0.05) is 17.0 Å². The van der Waals surface area contributed by atoms with Crippen LogP contribution in [0.4, 0.5) is 0 Å². The highest BCUT2D eigenvalue weighted by Gasteiger charge is 2.15. The van der Waals surface area contributed by atoms with Gasteiger partial charge in [-0.2, -0.15) is 5.26 Å². The molecule has 0 fully saturated rings. The van der Waals surface area contributed by atoms with Gasteiger partial charge < -0.3 is 13.7 Å². The van der Waals surface area contributed by atoms with E-state index in [1.54, 1.807) is 43.7 Å². The lowest BCUT2D eigenvalue weighted by atomic mass is 10.0. The van der Waals surface area contributed by atoms with Gasteiger partial charge in [0.25, 0.3) is 0 Å². The van der Waals surface area contributed by atoms with Crippen LogP contribution in [0.15, 0.2) is 58.7 Å². The molecule has 0 bridgehead atoms. The van der Waals surface area contributed by atoms with E-state index in [0.717, 1.165) is 22.7 Å². The van der Waals surface area contributed by atoms with E-state index in [4.69, 9.17) is 9.15 Å². The first-order valence-corrected chi connectivity index (χ1v) is 8.53. The number of hydrogen-bond acceptors (Lipinski definition) is 4. The maximum Gasteiger partial charge on any atom is 0.203 e. The van der Waals surface area contributed by atoms with Crippen molar-refractivity contribution in [3.8, 4) is 11.8 Å². The Balaban J connectivity index is 1.94. The molecular weight excluding hydrogens is 340 g/mol. The van der Waals surface area contributed by atoms with Gasteiger partial charge in [0.15, 0.2) is 0 Å². The van der Waals surface area contributed by atoms with E-state index < -0.39 is 0 Å². The van der Waals surface area contributed by atoms with Crippen molar-refractivity contribution in [2.24, 2.45) is 0 Å². The molecule has 2 aromatic heterocycles. The smallest absolute Gasteiger partial charge is 0.203 e. The van der Waals surface area contributed by atoms with Crippen molar-refractivity contribution in [2.45, 2.75) is 20.4 Å². The minimum absolute atomic E-state index is 0.0847. The average molecular weight is 360 g/mol. The zero-order chi connectivity index (χ0) is 19.4. The maximum absolute atomic E-state index is 12.7. The topological polar surface area (TPSA) is 68.2 Å². The van der Waals surface area contributed by atoms with Crippen LogP contribution in [0.1, 0.15) is 33.1 Å². The highest BCUT2D eigenvalue weighted by Crippen LogP contribution is 2.22. The highest BCUT2D eigenvalue weighted by molar-refractivity contribution is 6.14. The molecule has 0 aliphatic heterocycles. The van der Waals surface area contributed by atoms with Gasteiger partial charge in [0.2, 0.25) is 5.78 Å². The number of hydrogen-bond donors (Lipinski definition) is 0. The number of methoxy groups -OCH3 is 1. The third kappa shape index (κ3) is 3.85. The molecule has 3 rings (SSSR count). The van der Waals surface area contributed by atoms with Gasteiger partial charge in [-0.05, 0) is 55.8 Å². The van der Waals surface area contributed by atoms with Gasteiger partial charge in [-0.25, -0.2) is 0 Å². The number of carbonyl (C=O) groups is 1. The minimum Gasteiger partial charge on any atom is -0.497 e. The molecule has 5 heteroatoms. The molecule has 0 aliphatic carbocycles. The van der Waals surface area contributed by atoms with Gasteiger partial charge in [-0.15, -0.1) is 0 Å². The fraction of sp³-hybridized carbons (Fsp3) is 0.182. The number of rotatable bonds is 6. The zero-order valence-electron chi connectivity index (χ0n) is 15.5. The molecule has 0 saturated heterocycles. The van der Waals surface area contributed by atoms with Gasteiger partial charge in [0.1, 0.15) is 23.2 Å². The fourth-order valence-corrected chi connectivity index (χ4v) is 3.00. The summed E-state index contributed by atoms with van der Waals surface area (Å²) in [5.74, 6) is 1.10. The van der Waals surface area contributed by atoms with Crippen molar-refractivity contribution in [1.29, 1.82) is 5.26 Å². The van der Waals surface area contributed by atoms with E-state index in [0.29, 0.717) is 17.9 Å². The van der Waals surface area contributed by atoms with Gasteiger partial charge in [0.05, 0.1) is 19.9 Å². The second-order valence-corrected chi connectivity index (χ2v) is 6.22. The van der Waals surface area contributed by atoms with Crippen LogP contribution in [-0.4, -0.2) is 17.5 Å². The zero-order valence-corrected chi connectivity index (χ0v) is 15.5. The SMILES string of the molecule is COc1cccc(C(=O)C(C#N)=Cc2cc(C)n(Cc3ccco3)c2C)c1. The summed E-state index contributed by atoms with van der Waals surface area (Å²) < 4.78 is 12.7. The molecule has 0 amide bonds. The van der Waals surface area contributed by atoms with Crippen molar-refractivity contribution in [2.75, 3.05) is 7.11 Å². The predicted octanol–water partition coefficient (Wildman–Crippen LogP) is 4.54. The van der Waals surface area contributed by atoms with Crippen LogP contribution >= 0.6 is 0 Å². The number of benzene rings is 1. The highest BCUT2D eigenvalue weighted by atomic mass is 16.5. The van der Waals surface area contributed by atoms with Crippen molar-refractivity contribution in [3.05, 3.63) is 82.6 Å². The summed E-state index contributed by atoms with van der Waals surface area (Å²) in [6.07, 6.45) is 3.29. The summed E-state index contributed by atoms with van der Waals surface area (Å²) >= 11 is 0. The number of carbonyl (C=O) groups excluding carboxylic acids is 1.